The van der Waals surface area contributed by atoms with Gasteiger partial charge in [0.2, 0.25) is 11.8 Å². The van der Waals surface area contributed by atoms with E-state index in [4.69, 9.17) is 28.4 Å². The fourth-order valence-electron chi connectivity index (χ4n) is 7.73. The molecule has 12 heteroatoms. The van der Waals surface area contributed by atoms with Gasteiger partial charge in [0.25, 0.3) is 0 Å². The van der Waals surface area contributed by atoms with Crippen LogP contribution in [-0.2, 0) is 38.0 Å². The molecule has 54 heavy (non-hydrogen) atoms. The van der Waals surface area contributed by atoms with Gasteiger partial charge in [0.05, 0.1) is 83.0 Å². The van der Waals surface area contributed by atoms with Gasteiger partial charge in [0.1, 0.15) is 0 Å². The van der Waals surface area contributed by atoms with Crippen molar-refractivity contribution in [1.29, 1.82) is 0 Å². The van der Waals surface area contributed by atoms with Gasteiger partial charge in [0.15, 0.2) is 0 Å². The number of piperidine rings is 3. The normalized spacial score (nSPS) is 21.3. The summed E-state index contributed by atoms with van der Waals surface area (Å²) in [7, 11) is 0. The highest BCUT2D eigenvalue weighted by atomic mass is 16.5. The zero-order valence-corrected chi connectivity index (χ0v) is 35.3. The minimum absolute atomic E-state index is 0.178. The molecule has 0 N–H and O–H groups in total. The summed E-state index contributed by atoms with van der Waals surface area (Å²) in [6.45, 7) is 27.1. The van der Waals surface area contributed by atoms with E-state index in [1.807, 2.05) is 23.6 Å². The first-order valence-electron chi connectivity index (χ1n) is 21.8. The maximum atomic E-state index is 12.3. The zero-order valence-electron chi connectivity index (χ0n) is 35.3. The fourth-order valence-corrected chi connectivity index (χ4v) is 7.73. The average Bonchev–Trinajstić information content (AvgIpc) is 3.63. The van der Waals surface area contributed by atoms with Crippen molar-refractivity contribution in [3.63, 3.8) is 0 Å². The van der Waals surface area contributed by atoms with Gasteiger partial charge in [-0.1, -0.05) is 27.7 Å². The molecular formula is C42H80N4O8. The summed E-state index contributed by atoms with van der Waals surface area (Å²) in [6, 6.07) is 0. The third kappa shape index (κ3) is 20.2. The van der Waals surface area contributed by atoms with E-state index in [-0.39, 0.29) is 24.0 Å². The Morgan fingerprint density at radius 3 is 1.54 bits per heavy atom. The number of rotatable bonds is 23. The van der Waals surface area contributed by atoms with Crippen LogP contribution in [0.2, 0.25) is 0 Å². The molecule has 316 valence electrons. The van der Waals surface area contributed by atoms with E-state index >= 15 is 0 Å². The Hall–Kier alpha value is -1.38. The third-order valence-corrected chi connectivity index (χ3v) is 10.6. The second kappa shape index (κ2) is 28.1. The average molecular weight is 769 g/mol. The van der Waals surface area contributed by atoms with Crippen molar-refractivity contribution < 1.29 is 38.0 Å². The quantitative estimate of drug-likeness (QED) is 0.128. The number of nitrogens with zero attached hydrogens (tertiary/aromatic N) is 4. The van der Waals surface area contributed by atoms with Crippen LogP contribution in [0.1, 0.15) is 112 Å². The summed E-state index contributed by atoms with van der Waals surface area (Å²) in [5.41, 5.74) is 0. The molecule has 0 spiro atoms. The van der Waals surface area contributed by atoms with Crippen LogP contribution < -0.4 is 0 Å². The molecule has 4 saturated heterocycles. The number of ether oxygens (including phenoxy) is 6. The first kappa shape index (κ1) is 47.0. The monoisotopic (exact) mass is 769 g/mol. The smallest absolute Gasteiger partial charge is 0.224 e. The van der Waals surface area contributed by atoms with Crippen LogP contribution in [0.4, 0.5) is 0 Å². The first-order chi connectivity index (χ1) is 26.2. The summed E-state index contributed by atoms with van der Waals surface area (Å²) in [6.07, 6.45) is 12.1. The van der Waals surface area contributed by atoms with Crippen LogP contribution in [0.15, 0.2) is 0 Å². The van der Waals surface area contributed by atoms with Crippen molar-refractivity contribution in [3.8, 4) is 0 Å². The number of carbonyl (C=O) groups excluding carboxylic acids is 2. The molecule has 0 bridgehead atoms. The topological polar surface area (TPSA) is 102 Å². The van der Waals surface area contributed by atoms with Crippen LogP contribution in [-0.4, -0.2) is 174 Å². The number of hydrogen-bond donors (Lipinski definition) is 0. The summed E-state index contributed by atoms with van der Waals surface area (Å²) in [5.74, 6) is 1.11. The van der Waals surface area contributed by atoms with Crippen molar-refractivity contribution in [3.05, 3.63) is 0 Å². The van der Waals surface area contributed by atoms with E-state index < -0.39 is 0 Å². The van der Waals surface area contributed by atoms with Crippen LogP contribution in [0.25, 0.3) is 0 Å². The summed E-state index contributed by atoms with van der Waals surface area (Å²) in [4.78, 5) is 33.6. The molecule has 4 aliphatic rings. The standard InChI is InChI=1S/2C21H40N2O4/c1-17(2)15-22-9-5-19(6-10-22)27-20-7-11-23(16-20)21(24)8-12-25-13-14-26-18(3)4;1-3-10-22-11-5-19(6-12-22)27-20-7-13-23(14-8-20)21(24)9-16-26-18-17-25-15-4-2/h17-20H,5-16H2,1-4H3;19-20H,3-18H2,1-2H3. The molecule has 4 fully saturated rings. The molecule has 2 amide bonds. The summed E-state index contributed by atoms with van der Waals surface area (Å²) >= 11 is 0. The maximum absolute atomic E-state index is 12.3. The molecule has 4 heterocycles. The minimum atomic E-state index is 0.178. The van der Waals surface area contributed by atoms with Crippen LogP contribution in [0.5, 0.6) is 0 Å². The molecule has 12 nitrogen and oxygen atoms in total. The van der Waals surface area contributed by atoms with Crippen molar-refractivity contribution in [2.24, 2.45) is 5.92 Å². The Balaban J connectivity index is 0.000000290. The van der Waals surface area contributed by atoms with Gasteiger partial charge in [-0.05, 0) is 84.1 Å². The molecule has 4 aliphatic heterocycles. The molecule has 0 saturated carbocycles. The highest BCUT2D eigenvalue weighted by molar-refractivity contribution is 5.76. The van der Waals surface area contributed by atoms with Crippen molar-refractivity contribution in [2.75, 3.05) is 112 Å². The Labute approximate surface area is 329 Å². The number of likely N-dealkylation sites (tertiary alicyclic amines) is 4. The minimum Gasteiger partial charge on any atom is -0.379 e. The van der Waals surface area contributed by atoms with E-state index in [0.717, 1.165) is 103 Å². The summed E-state index contributed by atoms with van der Waals surface area (Å²) in [5, 5.41) is 0. The number of amides is 2. The summed E-state index contributed by atoms with van der Waals surface area (Å²) < 4.78 is 34.4. The van der Waals surface area contributed by atoms with E-state index in [2.05, 4.69) is 37.5 Å². The van der Waals surface area contributed by atoms with E-state index in [9.17, 15) is 9.59 Å². The molecule has 4 rings (SSSR count). The van der Waals surface area contributed by atoms with E-state index in [1.54, 1.807) is 0 Å². The van der Waals surface area contributed by atoms with Crippen LogP contribution >= 0.6 is 0 Å². The number of hydrogen-bond acceptors (Lipinski definition) is 10. The second-order valence-electron chi connectivity index (χ2n) is 16.3. The molecular weight excluding hydrogens is 688 g/mol. The zero-order chi connectivity index (χ0) is 39.0. The lowest BCUT2D eigenvalue weighted by molar-refractivity contribution is -0.136. The third-order valence-electron chi connectivity index (χ3n) is 10.6. The Morgan fingerprint density at radius 1 is 0.537 bits per heavy atom. The van der Waals surface area contributed by atoms with Gasteiger partial charge in [-0.15, -0.1) is 0 Å². The highest BCUT2D eigenvalue weighted by Crippen LogP contribution is 2.23. The van der Waals surface area contributed by atoms with Crippen molar-refractivity contribution in [2.45, 2.75) is 143 Å². The lowest BCUT2D eigenvalue weighted by Gasteiger charge is -2.37. The van der Waals surface area contributed by atoms with Crippen molar-refractivity contribution >= 4 is 11.8 Å². The van der Waals surface area contributed by atoms with Crippen LogP contribution in [0.3, 0.4) is 0 Å². The van der Waals surface area contributed by atoms with Gasteiger partial charge in [-0.2, -0.15) is 0 Å². The van der Waals surface area contributed by atoms with E-state index in [1.165, 1.54) is 32.6 Å². The van der Waals surface area contributed by atoms with Gasteiger partial charge >= 0.3 is 0 Å². The lowest BCUT2D eigenvalue weighted by Crippen LogP contribution is -2.44. The first-order valence-corrected chi connectivity index (χ1v) is 21.8. The molecule has 0 aromatic rings. The van der Waals surface area contributed by atoms with Gasteiger partial charge in [-0.25, -0.2) is 0 Å². The SMILES string of the molecule is CC(C)CN1CCC(OC2CCN(C(=O)CCOCCOC(C)C)C2)CC1.CCCOCCOCCC(=O)N1CCC(OC2CCN(CCC)CC2)CC1. The maximum Gasteiger partial charge on any atom is 0.224 e. The lowest BCUT2D eigenvalue weighted by atomic mass is 10.0. The largest absolute Gasteiger partial charge is 0.379 e. The molecule has 1 unspecified atom stereocenters. The highest BCUT2D eigenvalue weighted by Gasteiger charge is 2.30. The predicted octanol–water partition coefficient (Wildman–Crippen LogP) is 5.26. The number of carbonyl (C=O) groups is 2. The van der Waals surface area contributed by atoms with Crippen LogP contribution in [0, 0.1) is 5.92 Å². The van der Waals surface area contributed by atoms with Crippen molar-refractivity contribution in [1.82, 2.24) is 19.6 Å². The van der Waals surface area contributed by atoms with Gasteiger partial charge < -0.3 is 48.0 Å². The molecule has 0 radical (unpaired) electrons. The second-order valence-corrected chi connectivity index (χ2v) is 16.3. The van der Waals surface area contributed by atoms with Gasteiger partial charge in [-0.3, -0.25) is 9.59 Å². The molecule has 0 aromatic carbocycles. The predicted molar refractivity (Wildman–Crippen MR) is 214 cm³/mol. The Bertz CT molecular complexity index is 966. The Morgan fingerprint density at radius 2 is 1.00 bits per heavy atom. The molecule has 0 aliphatic carbocycles. The fraction of sp³-hybridized carbons (Fsp3) is 0.952. The molecule has 1 atom stereocenters. The molecule has 0 aromatic heterocycles. The Kier molecular flexibility index (Phi) is 24.4. The van der Waals surface area contributed by atoms with Gasteiger partial charge in [0, 0.05) is 65.5 Å². The van der Waals surface area contributed by atoms with E-state index in [0.29, 0.717) is 70.8 Å².